The zero-order valence-electron chi connectivity index (χ0n) is 20.9. The molecule has 0 saturated carbocycles. The third kappa shape index (κ3) is 5.92. The number of ketones is 1. The van der Waals surface area contributed by atoms with Crippen molar-refractivity contribution in [2.24, 2.45) is 0 Å². The van der Waals surface area contributed by atoms with E-state index in [-0.39, 0.29) is 11.3 Å². The van der Waals surface area contributed by atoms with Crippen LogP contribution in [0.2, 0.25) is 0 Å². The number of carbonyl (C=O) groups excluding carboxylic acids is 2. The van der Waals surface area contributed by atoms with Crippen molar-refractivity contribution in [3.63, 3.8) is 0 Å². The predicted octanol–water partition coefficient (Wildman–Crippen LogP) is 4.33. The third-order valence-electron chi connectivity index (χ3n) is 5.87. The van der Waals surface area contributed by atoms with E-state index in [1.807, 2.05) is 51.0 Å². The molecule has 1 fully saturated rings. The molecule has 1 N–H and O–H groups in total. The van der Waals surface area contributed by atoms with E-state index < -0.39 is 17.7 Å². The Morgan fingerprint density at radius 1 is 1.11 bits per heavy atom. The number of aliphatic hydroxyl groups is 1. The molecule has 0 radical (unpaired) electrons. The lowest BCUT2D eigenvalue weighted by molar-refractivity contribution is -0.139. The van der Waals surface area contributed by atoms with Gasteiger partial charge >= 0.3 is 0 Å². The fourth-order valence-electron chi connectivity index (χ4n) is 4.22. The average Bonchev–Trinajstić information content (AvgIpc) is 3.08. The van der Waals surface area contributed by atoms with Crippen molar-refractivity contribution in [1.29, 1.82) is 0 Å². The van der Waals surface area contributed by atoms with Gasteiger partial charge in [0.2, 0.25) is 0 Å². The molecule has 2 aromatic carbocycles. The van der Waals surface area contributed by atoms with E-state index >= 15 is 0 Å². The number of hydrogen-bond donors (Lipinski definition) is 1. The summed E-state index contributed by atoms with van der Waals surface area (Å²) in [5.74, 6) is -0.141. The maximum Gasteiger partial charge on any atom is 0.295 e. The first kappa shape index (κ1) is 26.0. The quantitative estimate of drug-likeness (QED) is 0.224. The van der Waals surface area contributed by atoms with E-state index in [9.17, 15) is 14.7 Å². The Kier molecular flexibility index (Phi) is 8.71. The number of amides is 1. The maximum absolute atomic E-state index is 13.2. The Morgan fingerprint density at radius 2 is 1.80 bits per heavy atom. The molecule has 3 rings (SSSR count). The zero-order chi connectivity index (χ0) is 25.5. The summed E-state index contributed by atoms with van der Waals surface area (Å²) in [7, 11) is 3.92. The predicted molar refractivity (Wildman–Crippen MR) is 137 cm³/mol. The van der Waals surface area contributed by atoms with Crippen molar-refractivity contribution in [2.45, 2.75) is 26.3 Å². The van der Waals surface area contributed by atoms with Gasteiger partial charge in [-0.1, -0.05) is 24.8 Å². The fourth-order valence-corrected chi connectivity index (χ4v) is 4.22. The minimum atomic E-state index is -0.698. The molecule has 35 heavy (non-hydrogen) atoms. The molecule has 1 atom stereocenters. The lowest BCUT2D eigenvalue weighted by Gasteiger charge is -2.26. The largest absolute Gasteiger partial charge is 0.507 e. The van der Waals surface area contributed by atoms with Gasteiger partial charge in [0.15, 0.2) is 0 Å². The molecule has 0 aliphatic carbocycles. The number of nitrogens with zero attached hydrogens (tertiary/aromatic N) is 2. The minimum absolute atomic E-state index is 0.0897. The number of aliphatic hydroxyl groups excluding tert-OH is 1. The summed E-state index contributed by atoms with van der Waals surface area (Å²) in [6.45, 7) is 9.44. The number of ether oxygens (including phenoxy) is 2. The highest BCUT2D eigenvalue weighted by atomic mass is 16.5. The third-order valence-corrected chi connectivity index (χ3v) is 5.87. The summed E-state index contributed by atoms with van der Waals surface area (Å²) < 4.78 is 11.1. The van der Waals surface area contributed by atoms with Crippen molar-refractivity contribution < 1.29 is 24.2 Å². The number of likely N-dealkylation sites (tertiary alicyclic amines) is 1. The second-order valence-corrected chi connectivity index (χ2v) is 8.73. The lowest BCUT2D eigenvalue weighted by atomic mass is 9.93. The van der Waals surface area contributed by atoms with Crippen LogP contribution in [0, 0.1) is 6.92 Å². The summed E-state index contributed by atoms with van der Waals surface area (Å²) in [5, 5.41) is 11.3. The molecule has 0 aromatic heterocycles. The van der Waals surface area contributed by atoms with Gasteiger partial charge in [-0.25, -0.2) is 0 Å². The van der Waals surface area contributed by atoms with Crippen molar-refractivity contribution >= 4 is 17.4 Å². The molecule has 1 unspecified atom stereocenters. The van der Waals surface area contributed by atoms with Crippen LogP contribution >= 0.6 is 0 Å². The smallest absolute Gasteiger partial charge is 0.295 e. The zero-order valence-corrected chi connectivity index (χ0v) is 20.9. The topological polar surface area (TPSA) is 79.3 Å². The normalized spacial score (nSPS) is 17.2. The van der Waals surface area contributed by atoms with Gasteiger partial charge in [0, 0.05) is 12.1 Å². The number of aryl methyl sites for hydroxylation is 1. The van der Waals surface area contributed by atoms with Crippen LogP contribution in [-0.4, -0.2) is 67.0 Å². The SMILES string of the molecule is C=CCOc1ccc(C2/C(=C(/O)c3ccc(OCC)cc3C)C(=O)C(=O)N2CCCN(C)C)cc1. The molecule has 2 aromatic rings. The van der Waals surface area contributed by atoms with Crippen LogP contribution in [0.5, 0.6) is 11.5 Å². The number of rotatable bonds is 11. The molecule has 1 aliphatic heterocycles. The second-order valence-electron chi connectivity index (χ2n) is 8.73. The van der Waals surface area contributed by atoms with Crippen molar-refractivity contribution in [3.05, 3.63) is 77.4 Å². The van der Waals surface area contributed by atoms with Gasteiger partial charge in [-0.3, -0.25) is 9.59 Å². The summed E-state index contributed by atoms with van der Waals surface area (Å²) in [6.07, 6.45) is 2.35. The first-order valence-electron chi connectivity index (χ1n) is 11.8. The van der Waals surface area contributed by atoms with Gasteiger partial charge < -0.3 is 24.4 Å². The summed E-state index contributed by atoms with van der Waals surface area (Å²) in [4.78, 5) is 29.9. The van der Waals surface area contributed by atoms with E-state index in [4.69, 9.17) is 9.47 Å². The second kappa shape index (κ2) is 11.7. The van der Waals surface area contributed by atoms with Gasteiger partial charge in [-0.15, -0.1) is 0 Å². The van der Waals surface area contributed by atoms with Crippen molar-refractivity contribution in [2.75, 3.05) is 40.4 Å². The highest BCUT2D eigenvalue weighted by Crippen LogP contribution is 2.40. The van der Waals surface area contributed by atoms with Gasteiger partial charge in [0.25, 0.3) is 11.7 Å². The van der Waals surface area contributed by atoms with E-state index in [0.717, 1.165) is 17.7 Å². The van der Waals surface area contributed by atoms with Gasteiger partial charge in [0.05, 0.1) is 18.2 Å². The van der Waals surface area contributed by atoms with Gasteiger partial charge in [-0.2, -0.15) is 0 Å². The highest BCUT2D eigenvalue weighted by Gasteiger charge is 2.45. The molecular formula is C28H34N2O5. The molecule has 7 nitrogen and oxygen atoms in total. The van der Waals surface area contributed by atoms with E-state index in [1.54, 1.807) is 35.2 Å². The summed E-state index contributed by atoms with van der Waals surface area (Å²) in [5.41, 5.74) is 2.06. The Morgan fingerprint density at radius 3 is 2.40 bits per heavy atom. The molecule has 0 spiro atoms. The van der Waals surface area contributed by atoms with Crippen LogP contribution in [0.1, 0.15) is 36.1 Å². The monoisotopic (exact) mass is 478 g/mol. The minimum Gasteiger partial charge on any atom is -0.507 e. The molecule has 1 heterocycles. The molecule has 1 amide bonds. The van der Waals surface area contributed by atoms with Crippen LogP contribution < -0.4 is 9.47 Å². The van der Waals surface area contributed by atoms with Crippen LogP contribution in [0.25, 0.3) is 5.76 Å². The van der Waals surface area contributed by atoms with Crippen molar-refractivity contribution in [3.8, 4) is 11.5 Å². The maximum atomic E-state index is 13.2. The van der Waals surface area contributed by atoms with Crippen LogP contribution in [0.15, 0.2) is 60.7 Å². The van der Waals surface area contributed by atoms with Crippen LogP contribution in [0.3, 0.4) is 0 Å². The van der Waals surface area contributed by atoms with E-state index in [1.165, 1.54) is 0 Å². The Labute approximate surface area is 207 Å². The average molecular weight is 479 g/mol. The molecule has 186 valence electrons. The molecular weight excluding hydrogens is 444 g/mol. The standard InChI is InChI=1S/C28H34N2O5/c1-6-17-35-21-11-9-20(10-12-21)25-24(27(32)28(33)30(25)16-8-15-29(4)5)26(31)23-14-13-22(34-7-2)18-19(23)3/h6,9-14,18,25,31H,1,7-8,15-17H2,2-5H3/b26-24-. The number of Topliss-reactive ketones (excluding diaryl/α,β-unsaturated/α-hetero) is 1. The van der Waals surface area contributed by atoms with Gasteiger partial charge in [0.1, 0.15) is 23.9 Å². The molecule has 1 saturated heterocycles. The molecule has 0 bridgehead atoms. The first-order chi connectivity index (χ1) is 16.8. The molecule has 1 aliphatic rings. The number of hydrogen-bond acceptors (Lipinski definition) is 6. The Hall–Kier alpha value is -3.58. The summed E-state index contributed by atoms with van der Waals surface area (Å²) in [6, 6.07) is 11.8. The van der Waals surface area contributed by atoms with Crippen LogP contribution in [0.4, 0.5) is 0 Å². The lowest BCUT2D eigenvalue weighted by Crippen LogP contribution is -2.32. The first-order valence-corrected chi connectivity index (χ1v) is 11.8. The van der Waals surface area contributed by atoms with E-state index in [0.29, 0.717) is 43.2 Å². The van der Waals surface area contributed by atoms with Crippen molar-refractivity contribution in [1.82, 2.24) is 9.80 Å². The Balaban J connectivity index is 2.07. The summed E-state index contributed by atoms with van der Waals surface area (Å²) >= 11 is 0. The number of carbonyl (C=O) groups is 2. The van der Waals surface area contributed by atoms with E-state index in [2.05, 4.69) is 6.58 Å². The number of benzene rings is 2. The molecule has 7 heteroatoms. The van der Waals surface area contributed by atoms with Gasteiger partial charge in [-0.05, 0) is 82.4 Å². The van der Waals surface area contributed by atoms with Crippen LogP contribution in [-0.2, 0) is 9.59 Å². The Bertz CT molecular complexity index is 1100. The highest BCUT2D eigenvalue weighted by molar-refractivity contribution is 6.46. The fraction of sp³-hybridized carbons (Fsp3) is 0.357.